The van der Waals surface area contributed by atoms with E-state index in [1.165, 1.54) is 148 Å². The zero-order chi connectivity index (χ0) is 50.4. The third-order valence-electron chi connectivity index (χ3n) is 13.7. The van der Waals surface area contributed by atoms with Gasteiger partial charge in [0.05, 0.1) is 9.52 Å². The van der Waals surface area contributed by atoms with Crippen LogP contribution in [-0.2, 0) is 33.7 Å². The van der Waals surface area contributed by atoms with Crippen molar-refractivity contribution in [3.05, 3.63) is 229 Å². The minimum atomic E-state index is -0.826. The Morgan fingerprint density at radius 3 is 1.32 bits per heavy atom. The smallest absolute Gasteiger partial charge is 0.0920 e. The van der Waals surface area contributed by atoms with E-state index in [1.54, 1.807) is 0 Å². The molecular formula is C68H65Cl2SiZr-3. The maximum Gasteiger partial charge on any atom is 0.0920 e. The molecule has 2 radical (unpaired) electrons. The van der Waals surface area contributed by atoms with Crippen molar-refractivity contribution < 1.29 is 20.8 Å². The molecule has 10 aromatic carbocycles. The summed E-state index contributed by atoms with van der Waals surface area (Å²) in [5.74, 6) is 0.967. The number of rotatable bonds is 12. The summed E-state index contributed by atoms with van der Waals surface area (Å²) in [6, 6.07) is 76.4. The number of benzene rings is 8. The van der Waals surface area contributed by atoms with Crippen LogP contribution in [0, 0.1) is 6.07 Å². The molecule has 0 unspecified atom stereocenters. The van der Waals surface area contributed by atoms with Crippen LogP contribution in [0.15, 0.2) is 200 Å². The Bertz CT molecular complexity index is 3080. The van der Waals surface area contributed by atoms with Gasteiger partial charge in [-0.15, -0.1) is 74.6 Å². The second-order valence-corrected chi connectivity index (χ2v) is 24.4. The monoisotopic (exact) mass is 1070 g/mol. The van der Waals surface area contributed by atoms with E-state index in [2.05, 4.69) is 242 Å². The second kappa shape index (κ2) is 26.0. The fourth-order valence-corrected chi connectivity index (χ4v) is 11.5. The maximum absolute atomic E-state index is 4.93. The molecule has 0 nitrogen and oxygen atoms in total. The van der Waals surface area contributed by atoms with E-state index >= 15 is 0 Å². The van der Waals surface area contributed by atoms with Gasteiger partial charge in [-0.05, 0) is 58.1 Å². The normalized spacial score (nSPS) is 11.3. The molecular weight excluding hydrogens is 1010 g/mol. The second-order valence-electron chi connectivity index (χ2n) is 19.3. The van der Waals surface area contributed by atoms with Crippen molar-refractivity contribution in [3.63, 3.8) is 0 Å². The van der Waals surface area contributed by atoms with E-state index < -0.39 is 20.8 Å². The summed E-state index contributed by atoms with van der Waals surface area (Å²) in [6.07, 6.45) is 7.32. The largest absolute Gasteiger partial charge is 0.184 e. The number of hydrogen-bond acceptors (Lipinski definition) is 0. The van der Waals surface area contributed by atoms with Crippen LogP contribution in [0.1, 0.15) is 101 Å². The summed E-state index contributed by atoms with van der Waals surface area (Å²) in [7, 11) is 10.7. The summed E-state index contributed by atoms with van der Waals surface area (Å²) in [6.45, 7) is 13.7. The van der Waals surface area contributed by atoms with Crippen LogP contribution in [0.5, 0.6) is 0 Å². The van der Waals surface area contributed by atoms with Crippen LogP contribution in [-0.4, -0.2) is 9.52 Å². The van der Waals surface area contributed by atoms with Gasteiger partial charge in [0.15, 0.2) is 0 Å². The van der Waals surface area contributed by atoms with Gasteiger partial charge < -0.3 is 0 Å². The van der Waals surface area contributed by atoms with E-state index in [0.717, 1.165) is 9.52 Å². The Hall–Kier alpha value is -5.34. The van der Waals surface area contributed by atoms with Gasteiger partial charge >= 0.3 is 37.9 Å². The van der Waals surface area contributed by atoms with Gasteiger partial charge in [0.25, 0.3) is 0 Å². The van der Waals surface area contributed by atoms with Crippen molar-refractivity contribution in [1.82, 2.24) is 0 Å². The van der Waals surface area contributed by atoms with E-state index in [-0.39, 0.29) is 0 Å². The molecule has 1 aliphatic rings. The van der Waals surface area contributed by atoms with E-state index in [4.69, 9.17) is 17.0 Å². The molecule has 4 heteroatoms. The molecule has 0 bridgehead atoms. The van der Waals surface area contributed by atoms with Gasteiger partial charge in [-0.1, -0.05) is 234 Å². The Kier molecular flexibility index (Phi) is 19.2. The van der Waals surface area contributed by atoms with Gasteiger partial charge in [0.2, 0.25) is 0 Å². The number of hydrogen-bond donors (Lipinski definition) is 0. The molecule has 10 aromatic rings. The summed E-state index contributed by atoms with van der Waals surface area (Å²) in [4.78, 5) is 0. The SMILES string of the molecule is CCCCc1cc2c(-c3ccccc3-c3ccccc3)c(C(C)C)ccc2[cH-]1.CCCCc1cc2c(-c3ccccc3-c3ccccc3)c(C(C)C)ccc2[cH-]1.[Cl][Zr][Cl].[c-]1cccc2c1[Si]c1ccccc1-2. The topological polar surface area (TPSA) is 0 Å². The first kappa shape index (κ1) is 53.0. The van der Waals surface area contributed by atoms with Crippen LogP contribution >= 0.6 is 17.0 Å². The molecule has 0 fully saturated rings. The van der Waals surface area contributed by atoms with E-state index in [1.807, 2.05) is 6.07 Å². The Morgan fingerprint density at radius 2 is 0.875 bits per heavy atom. The summed E-state index contributed by atoms with van der Waals surface area (Å²) in [5, 5.41) is 8.37. The van der Waals surface area contributed by atoms with Crippen molar-refractivity contribution in [2.24, 2.45) is 0 Å². The molecule has 0 N–H and O–H groups in total. The number of aryl methyl sites for hydroxylation is 2. The average molecular weight is 1070 g/mol. The predicted molar refractivity (Wildman–Crippen MR) is 314 cm³/mol. The van der Waals surface area contributed by atoms with Crippen LogP contribution in [0.2, 0.25) is 0 Å². The fourth-order valence-electron chi connectivity index (χ4n) is 10.2. The molecule has 362 valence electrons. The van der Waals surface area contributed by atoms with Gasteiger partial charge in [0.1, 0.15) is 0 Å². The molecule has 0 spiro atoms. The number of unbranched alkanes of at least 4 members (excludes halogenated alkanes) is 2. The van der Waals surface area contributed by atoms with Crippen molar-refractivity contribution in [2.75, 3.05) is 0 Å². The Balaban J connectivity index is 0.000000149. The molecule has 1 aliphatic heterocycles. The molecule has 0 saturated carbocycles. The number of fused-ring (bicyclic) bond motifs is 5. The number of halogens is 2. The Morgan fingerprint density at radius 1 is 0.472 bits per heavy atom. The van der Waals surface area contributed by atoms with Crippen molar-refractivity contribution in [3.8, 4) is 55.6 Å². The zero-order valence-corrected chi connectivity index (χ0v) is 47.7. The quantitative estimate of drug-likeness (QED) is 0.0845. The minimum absolute atomic E-state index is 0.484. The van der Waals surface area contributed by atoms with Gasteiger partial charge in [-0.25, -0.2) is 0 Å². The third kappa shape index (κ3) is 12.5. The van der Waals surface area contributed by atoms with Crippen LogP contribution < -0.4 is 10.4 Å². The van der Waals surface area contributed by atoms with Crippen LogP contribution in [0.25, 0.3) is 77.2 Å². The van der Waals surface area contributed by atoms with Crippen LogP contribution in [0.4, 0.5) is 0 Å². The molecule has 0 saturated heterocycles. The Labute approximate surface area is 451 Å². The molecule has 1 heterocycles. The van der Waals surface area contributed by atoms with Crippen molar-refractivity contribution in [1.29, 1.82) is 0 Å². The van der Waals surface area contributed by atoms with E-state index in [9.17, 15) is 0 Å². The molecule has 0 atom stereocenters. The average Bonchev–Trinajstić information content (AvgIpc) is 4.15. The molecule has 0 amide bonds. The third-order valence-corrected chi connectivity index (χ3v) is 15.1. The standard InChI is InChI=1S/2C28H29.C12H7Si.2ClH.Zr/c2*1-4-5-11-21-18-23-16-17-24(20(2)3)28(27(23)19-21)26-15-10-9-14-25(26)22-12-7-6-8-13-22;1-3-7-11-9(5-1)10-6-2-4-8-12(10)13-11;;;/h2*6-10,12-20H,4-5,11H2,1-3H3;1-7H;2*1H;/q3*-1;;;+2/p-2. The first-order valence-electron chi connectivity index (χ1n) is 25.8. The van der Waals surface area contributed by atoms with Crippen molar-refractivity contribution >= 4 is 58.5 Å². The van der Waals surface area contributed by atoms with Gasteiger partial charge in [0, 0.05) is 0 Å². The summed E-state index contributed by atoms with van der Waals surface area (Å²) in [5.41, 5.74) is 19.3. The predicted octanol–water partition coefficient (Wildman–Crippen LogP) is 19.2. The maximum atomic E-state index is 4.93. The molecule has 72 heavy (non-hydrogen) atoms. The molecule has 11 rings (SSSR count). The molecule has 0 aliphatic carbocycles. The van der Waals surface area contributed by atoms with Crippen molar-refractivity contribution in [2.45, 2.75) is 91.9 Å². The summed E-state index contributed by atoms with van der Waals surface area (Å²) < 4.78 is 0. The van der Waals surface area contributed by atoms with Crippen LogP contribution in [0.3, 0.4) is 0 Å². The van der Waals surface area contributed by atoms with Gasteiger partial charge in [-0.2, -0.15) is 41.6 Å². The van der Waals surface area contributed by atoms with Gasteiger partial charge in [-0.3, -0.25) is 0 Å². The summed E-state index contributed by atoms with van der Waals surface area (Å²) >= 11 is -0.826. The minimum Gasteiger partial charge on any atom is -0.184 e. The van der Waals surface area contributed by atoms with E-state index in [0.29, 0.717) is 11.8 Å². The molecule has 0 aromatic heterocycles. The fraction of sp³-hybridized carbons (Fsp3) is 0.206. The first-order valence-corrected chi connectivity index (χ1v) is 33.1. The first-order chi connectivity index (χ1) is 35.2. The zero-order valence-electron chi connectivity index (χ0n) is 42.7.